The van der Waals surface area contributed by atoms with Gasteiger partial charge >= 0.3 is 16.9 Å². The largest absolute Gasteiger partial charge is 0.350 e. The maximum Gasteiger partial charge on any atom is 0.350 e. The van der Waals surface area contributed by atoms with Gasteiger partial charge in [0.2, 0.25) is 5.91 Å². The predicted molar refractivity (Wildman–Crippen MR) is 73.4 cm³/mol. The zero-order valence-electron chi connectivity index (χ0n) is 11.6. The number of nitrogens with zero attached hydrogens (tertiary/aromatic N) is 3. The molecule has 0 atom stereocenters. The molecule has 1 amide bonds. The summed E-state index contributed by atoms with van der Waals surface area (Å²) in [4.78, 5) is 44.5. The molecule has 10 heteroatoms. The number of hydrazine groups is 1. The van der Waals surface area contributed by atoms with E-state index >= 15 is 0 Å². The second-order valence-corrected chi connectivity index (χ2v) is 4.50. The van der Waals surface area contributed by atoms with Crippen molar-refractivity contribution >= 4 is 11.6 Å². The number of amides is 1. The van der Waals surface area contributed by atoms with Crippen LogP contribution in [0.5, 0.6) is 0 Å². The molecule has 21 heavy (non-hydrogen) atoms. The van der Waals surface area contributed by atoms with E-state index in [1.54, 1.807) is 0 Å². The van der Waals surface area contributed by atoms with Crippen LogP contribution in [0.3, 0.4) is 0 Å². The van der Waals surface area contributed by atoms with Gasteiger partial charge in [-0.3, -0.25) is 34.3 Å². The van der Waals surface area contributed by atoms with Crippen LogP contribution >= 0.6 is 0 Å². The lowest BCUT2D eigenvalue weighted by molar-refractivity contribution is -0.387. The van der Waals surface area contributed by atoms with Crippen molar-refractivity contribution in [3.05, 3.63) is 37.1 Å². The summed E-state index contributed by atoms with van der Waals surface area (Å²) >= 11 is 0. The summed E-state index contributed by atoms with van der Waals surface area (Å²) in [5.41, 5.74) is -0.163. The van der Waals surface area contributed by atoms with Crippen molar-refractivity contribution in [1.29, 1.82) is 0 Å². The number of rotatable bonds is 7. The second-order valence-electron chi connectivity index (χ2n) is 4.50. The summed E-state index contributed by atoms with van der Waals surface area (Å²) in [7, 11) is 1.34. The average Bonchev–Trinajstić information content (AvgIpc) is 2.44. The van der Waals surface area contributed by atoms with Gasteiger partial charge in [-0.15, -0.1) is 0 Å². The van der Waals surface area contributed by atoms with E-state index < -0.39 is 21.9 Å². The normalized spacial score (nSPS) is 10.4. The Hall–Kier alpha value is -2.49. The summed E-state index contributed by atoms with van der Waals surface area (Å²) in [6, 6.07) is 0. The molecule has 0 spiro atoms. The first-order chi connectivity index (χ1) is 9.88. The zero-order valence-corrected chi connectivity index (χ0v) is 11.6. The van der Waals surface area contributed by atoms with Crippen molar-refractivity contribution in [2.75, 3.05) is 0 Å². The lowest BCUT2D eigenvalue weighted by Gasteiger charge is -2.06. The molecule has 0 aliphatic heterocycles. The molecule has 1 rings (SSSR count). The monoisotopic (exact) mass is 299 g/mol. The molecule has 0 aliphatic carbocycles. The minimum Gasteiger partial charge on any atom is -0.297 e. The van der Waals surface area contributed by atoms with E-state index in [9.17, 15) is 24.5 Å². The highest BCUT2D eigenvalue weighted by atomic mass is 16.6. The van der Waals surface area contributed by atoms with E-state index in [1.807, 2.05) is 5.43 Å². The van der Waals surface area contributed by atoms with Crippen LogP contribution in [0.2, 0.25) is 0 Å². The molecular weight excluding hydrogens is 282 g/mol. The number of unbranched alkanes of at least 4 members (excludes halogenated alkanes) is 2. The highest BCUT2D eigenvalue weighted by molar-refractivity contribution is 5.74. The number of aryl methyl sites for hydroxylation is 1. The van der Waals surface area contributed by atoms with Gasteiger partial charge in [0.1, 0.15) is 0 Å². The fourth-order valence-electron chi connectivity index (χ4n) is 1.84. The summed E-state index contributed by atoms with van der Waals surface area (Å²) in [6.45, 7) is 0.0669. The SMILES string of the molecule is Cn1cc([N+](=O)[O-])c(=O)n(CCCCCC(=O)NN)c1=O. The third-order valence-corrected chi connectivity index (χ3v) is 2.96. The summed E-state index contributed by atoms with van der Waals surface area (Å²) < 4.78 is 1.84. The molecule has 0 radical (unpaired) electrons. The molecule has 3 N–H and O–H groups in total. The quantitative estimate of drug-likeness (QED) is 0.217. The number of carbonyl (C=O) groups is 1. The Morgan fingerprint density at radius 2 is 2.05 bits per heavy atom. The Morgan fingerprint density at radius 1 is 1.38 bits per heavy atom. The first-order valence-corrected chi connectivity index (χ1v) is 6.32. The number of nitrogens with two attached hydrogens (primary N) is 1. The molecule has 1 heterocycles. The van der Waals surface area contributed by atoms with Crippen molar-refractivity contribution < 1.29 is 9.72 Å². The fraction of sp³-hybridized carbons (Fsp3) is 0.545. The van der Waals surface area contributed by atoms with Gasteiger partial charge in [0.05, 0.1) is 11.1 Å². The Balaban J connectivity index is 2.75. The average molecular weight is 299 g/mol. The van der Waals surface area contributed by atoms with E-state index in [0.29, 0.717) is 19.3 Å². The van der Waals surface area contributed by atoms with Crippen LogP contribution in [-0.4, -0.2) is 20.0 Å². The molecule has 1 aromatic rings. The van der Waals surface area contributed by atoms with Gasteiger partial charge in [-0.25, -0.2) is 10.6 Å². The van der Waals surface area contributed by atoms with Gasteiger partial charge in [0, 0.05) is 20.0 Å². The van der Waals surface area contributed by atoms with Crippen molar-refractivity contribution in [2.45, 2.75) is 32.2 Å². The van der Waals surface area contributed by atoms with Gasteiger partial charge in [-0.1, -0.05) is 6.42 Å². The van der Waals surface area contributed by atoms with Crippen LogP contribution in [0.1, 0.15) is 25.7 Å². The lowest BCUT2D eigenvalue weighted by Crippen LogP contribution is -2.39. The van der Waals surface area contributed by atoms with E-state index in [1.165, 1.54) is 7.05 Å². The third kappa shape index (κ3) is 4.24. The molecule has 0 unspecified atom stereocenters. The predicted octanol–water partition coefficient (Wildman–Crippen LogP) is -0.994. The van der Waals surface area contributed by atoms with Crippen LogP contribution in [0.15, 0.2) is 15.8 Å². The summed E-state index contributed by atoms with van der Waals surface area (Å²) in [5.74, 6) is 4.63. The minimum atomic E-state index is -0.914. The first kappa shape index (κ1) is 16.6. The molecule has 0 saturated heterocycles. The zero-order chi connectivity index (χ0) is 16.0. The van der Waals surface area contributed by atoms with E-state index in [0.717, 1.165) is 15.3 Å². The Kier molecular flexibility index (Phi) is 5.79. The minimum absolute atomic E-state index is 0.0669. The molecule has 0 aliphatic rings. The number of hydrogen-bond acceptors (Lipinski definition) is 6. The van der Waals surface area contributed by atoms with Gasteiger partial charge < -0.3 is 0 Å². The lowest BCUT2D eigenvalue weighted by atomic mass is 10.2. The molecule has 10 nitrogen and oxygen atoms in total. The third-order valence-electron chi connectivity index (χ3n) is 2.96. The molecule has 1 aromatic heterocycles. The molecule has 0 fully saturated rings. The molecular formula is C11H17N5O5. The highest BCUT2D eigenvalue weighted by Crippen LogP contribution is 2.03. The van der Waals surface area contributed by atoms with Crippen LogP contribution in [0.25, 0.3) is 0 Å². The van der Waals surface area contributed by atoms with Crippen LogP contribution in [0.4, 0.5) is 5.69 Å². The van der Waals surface area contributed by atoms with Crippen molar-refractivity contribution in [3.8, 4) is 0 Å². The number of hydrogen-bond donors (Lipinski definition) is 2. The summed E-state index contributed by atoms with van der Waals surface area (Å²) in [6.07, 6.45) is 2.75. The van der Waals surface area contributed by atoms with Crippen LogP contribution in [-0.2, 0) is 18.4 Å². The van der Waals surface area contributed by atoms with Gasteiger partial charge in [0.15, 0.2) is 0 Å². The molecule has 0 aromatic carbocycles. The Morgan fingerprint density at radius 3 is 2.62 bits per heavy atom. The highest BCUT2D eigenvalue weighted by Gasteiger charge is 2.18. The second kappa shape index (κ2) is 7.33. The fourth-order valence-corrected chi connectivity index (χ4v) is 1.84. The Bertz CT molecular complexity index is 647. The van der Waals surface area contributed by atoms with Crippen molar-refractivity contribution in [3.63, 3.8) is 0 Å². The molecule has 0 saturated carbocycles. The van der Waals surface area contributed by atoms with Crippen LogP contribution < -0.4 is 22.5 Å². The number of nitro groups is 1. The van der Waals surface area contributed by atoms with E-state index in [4.69, 9.17) is 5.84 Å². The van der Waals surface area contributed by atoms with Gasteiger partial charge in [-0.2, -0.15) is 0 Å². The standard InChI is InChI=1S/C11H17N5O5/c1-14-7-8(16(20)21)10(18)15(11(14)19)6-4-2-3-5-9(17)13-12/h7H,2-6,12H2,1H3,(H,13,17). The van der Waals surface area contributed by atoms with Crippen molar-refractivity contribution in [2.24, 2.45) is 12.9 Å². The number of nitrogens with one attached hydrogen (secondary N) is 1. The first-order valence-electron chi connectivity index (χ1n) is 6.32. The topological polar surface area (TPSA) is 142 Å². The summed E-state index contributed by atoms with van der Waals surface area (Å²) in [5, 5.41) is 10.7. The van der Waals surface area contributed by atoms with E-state index in [2.05, 4.69) is 0 Å². The van der Waals surface area contributed by atoms with Gasteiger partial charge in [-0.05, 0) is 12.8 Å². The van der Waals surface area contributed by atoms with Crippen molar-refractivity contribution in [1.82, 2.24) is 14.6 Å². The smallest absolute Gasteiger partial charge is 0.297 e. The van der Waals surface area contributed by atoms with Gasteiger partial charge in [0.25, 0.3) is 0 Å². The number of carbonyl (C=O) groups excluding carboxylic acids is 1. The number of aromatic nitrogens is 2. The maximum atomic E-state index is 11.8. The van der Waals surface area contributed by atoms with E-state index in [-0.39, 0.29) is 18.9 Å². The maximum absolute atomic E-state index is 11.8. The molecule has 116 valence electrons. The molecule has 0 bridgehead atoms. The Labute approximate surface area is 119 Å². The van der Waals surface area contributed by atoms with Crippen LogP contribution in [0, 0.1) is 10.1 Å².